The largest absolute Gasteiger partial charge is 0.398 e. The van der Waals surface area contributed by atoms with Crippen molar-refractivity contribution >= 4 is 5.69 Å². The molecule has 1 aliphatic carbocycles. The molecule has 0 spiro atoms. The fraction of sp³-hybridized carbons (Fsp3) is 0.462. The number of nitrogen functional groups attached to an aromatic ring is 1. The number of aliphatic hydroxyl groups is 4. The Morgan fingerprint density at radius 3 is 2.39 bits per heavy atom. The molecule has 2 aromatic rings. The van der Waals surface area contributed by atoms with Crippen molar-refractivity contribution in [2.24, 2.45) is 0 Å². The zero-order valence-corrected chi connectivity index (χ0v) is 18.6. The van der Waals surface area contributed by atoms with Crippen molar-refractivity contribution in [3.8, 4) is 11.8 Å². The Hall–Kier alpha value is -2.44. The fourth-order valence-electron chi connectivity index (χ4n) is 4.32. The smallest absolute Gasteiger partial charge is 0.128 e. The van der Waals surface area contributed by atoms with E-state index in [9.17, 15) is 20.4 Å². The van der Waals surface area contributed by atoms with Gasteiger partial charge in [-0.05, 0) is 60.6 Å². The minimum atomic E-state index is -1.42. The summed E-state index contributed by atoms with van der Waals surface area (Å²) in [4.78, 5) is 0. The average molecular weight is 454 g/mol. The highest BCUT2D eigenvalue weighted by atomic mass is 16.5. The monoisotopic (exact) mass is 453 g/mol. The number of ether oxygens (including phenoxy) is 2. The van der Waals surface area contributed by atoms with Crippen molar-refractivity contribution < 1.29 is 29.9 Å². The van der Waals surface area contributed by atoms with Gasteiger partial charge in [0, 0.05) is 18.4 Å². The number of benzene rings is 2. The predicted octanol–water partition coefficient (Wildman–Crippen LogP) is 1.30. The molecule has 33 heavy (non-hydrogen) atoms. The SMILES string of the molecule is COC1(C#Cc2ccc(Cc3cc([C@@H]4O[C@H](CO)[C@@H](O)[C@H](O)[C@H]4O)ccc3N)cc2)CCC1. The molecule has 7 nitrogen and oxygen atoms in total. The second-order valence-electron chi connectivity index (χ2n) is 8.88. The highest BCUT2D eigenvalue weighted by Gasteiger charge is 2.44. The van der Waals surface area contributed by atoms with Gasteiger partial charge in [-0.2, -0.15) is 0 Å². The summed E-state index contributed by atoms with van der Waals surface area (Å²) in [5.41, 5.74) is 9.93. The van der Waals surface area contributed by atoms with Gasteiger partial charge in [0.1, 0.15) is 36.1 Å². The number of hydrogen-bond donors (Lipinski definition) is 5. The van der Waals surface area contributed by atoms with Crippen LogP contribution in [0.4, 0.5) is 5.69 Å². The molecule has 4 rings (SSSR count). The van der Waals surface area contributed by atoms with Gasteiger partial charge in [0.15, 0.2) is 0 Å². The first-order valence-corrected chi connectivity index (χ1v) is 11.2. The van der Waals surface area contributed by atoms with E-state index in [0.29, 0.717) is 17.7 Å². The van der Waals surface area contributed by atoms with Gasteiger partial charge in [-0.3, -0.25) is 0 Å². The summed E-state index contributed by atoms with van der Waals surface area (Å²) in [6.07, 6.45) is -2.35. The van der Waals surface area contributed by atoms with Crippen LogP contribution < -0.4 is 5.73 Å². The molecule has 5 atom stereocenters. The summed E-state index contributed by atoms with van der Waals surface area (Å²) < 4.78 is 11.2. The molecule has 0 unspecified atom stereocenters. The van der Waals surface area contributed by atoms with Crippen molar-refractivity contribution in [1.29, 1.82) is 0 Å². The first kappa shape index (κ1) is 23.7. The van der Waals surface area contributed by atoms with Crippen molar-refractivity contribution in [3.63, 3.8) is 0 Å². The van der Waals surface area contributed by atoms with Crippen LogP contribution in [0.2, 0.25) is 0 Å². The van der Waals surface area contributed by atoms with E-state index >= 15 is 0 Å². The standard InChI is InChI=1S/C26H31NO6/c1-32-26(10-2-11-26)12-9-16-3-5-17(6-4-16)13-19-14-18(7-8-20(19)27)25-24(31)23(30)22(29)21(15-28)33-25/h3-8,14,21-25,28-31H,2,10-11,13,15,27H2,1H3/t21-,22-,23+,24-,25+/m1/s1. The number of hydrogen-bond acceptors (Lipinski definition) is 7. The van der Waals surface area contributed by atoms with Gasteiger partial charge in [0.2, 0.25) is 0 Å². The van der Waals surface area contributed by atoms with Crippen LogP contribution in [0.3, 0.4) is 0 Å². The lowest BCUT2D eigenvalue weighted by atomic mass is 9.80. The van der Waals surface area contributed by atoms with E-state index in [-0.39, 0.29) is 5.60 Å². The molecule has 0 bridgehead atoms. The van der Waals surface area contributed by atoms with Gasteiger partial charge in [0.25, 0.3) is 0 Å². The van der Waals surface area contributed by atoms with Crippen molar-refractivity contribution in [2.45, 2.75) is 61.8 Å². The number of methoxy groups -OCH3 is 1. The molecular weight excluding hydrogens is 422 g/mol. The molecule has 176 valence electrons. The normalized spacial score (nSPS) is 28.5. The highest BCUT2D eigenvalue weighted by Crippen LogP contribution is 2.35. The maximum Gasteiger partial charge on any atom is 0.128 e. The lowest BCUT2D eigenvalue weighted by Crippen LogP contribution is -2.55. The first-order valence-electron chi connectivity index (χ1n) is 11.2. The van der Waals surface area contributed by atoms with Gasteiger partial charge in [0.05, 0.1) is 6.61 Å². The van der Waals surface area contributed by atoms with E-state index in [1.807, 2.05) is 30.3 Å². The Labute approximate surface area is 193 Å². The third-order valence-electron chi connectivity index (χ3n) is 6.72. The minimum Gasteiger partial charge on any atom is -0.398 e. The molecule has 7 heteroatoms. The summed E-state index contributed by atoms with van der Waals surface area (Å²) in [7, 11) is 1.71. The summed E-state index contributed by atoms with van der Waals surface area (Å²) in [6.45, 7) is -0.468. The van der Waals surface area contributed by atoms with Crippen LogP contribution >= 0.6 is 0 Å². The Kier molecular flexibility index (Phi) is 7.05. The lowest BCUT2D eigenvalue weighted by Gasteiger charge is -2.40. The van der Waals surface area contributed by atoms with E-state index in [1.54, 1.807) is 19.2 Å². The number of anilines is 1. The Bertz CT molecular complexity index is 1020. The van der Waals surface area contributed by atoms with Crippen LogP contribution in [0.25, 0.3) is 0 Å². The van der Waals surface area contributed by atoms with Gasteiger partial charge in [-0.15, -0.1) is 0 Å². The molecule has 1 heterocycles. The van der Waals surface area contributed by atoms with E-state index in [1.165, 1.54) is 0 Å². The van der Waals surface area contributed by atoms with E-state index in [2.05, 4.69) is 11.8 Å². The molecule has 2 fully saturated rings. The van der Waals surface area contributed by atoms with Crippen LogP contribution in [-0.2, 0) is 15.9 Å². The topological polar surface area (TPSA) is 125 Å². The summed E-state index contributed by atoms with van der Waals surface area (Å²) >= 11 is 0. The molecule has 6 N–H and O–H groups in total. The van der Waals surface area contributed by atoms with E-state index in [0.717, 1.165) is 36.0 Å². The van der Waals surface area contributed by atoms with E-state index in [4.69, 9.17) is 15.2 Å². The van der Waals surface area contributed by atoms with Crippen LogP contribution in [-0.4, -0.2) is 64.2 Å². The second-order valence-corrected chi connectivity index (χ2v) is 8.88. The molecule has 0 amide bonds. The lowest BCUT2D eigenvalue weighted by molar-refractivity contribution is -0.231. The van der Waals surface area contributed by atoms with Crippen LogP contribution in [0, 0.1) is 11.8 Å². The predicted molar refractivity (Wildman–Crippen MR) is 123 cm³/mol. The number of rotatable bonds is 5. The van der Waals surface area contributed by atoms with Gasteiger partial charge < -0.3 is 35.6 Å². The summed E-state index contributed by atoms with van der Waals surface area (Å²) in [5.74, 6) is 6.46. The van der Waals surface area contributed by atoms with Crippen LogP contribution in [0.5, 0.6) is 0 Å². The molecular formula is C26H31NO6. The fourth-order valence-corrected chi connectivity index (χ4v) is 4.32. The minimum absolute atomic E-state index is 0.294. The Morgan fingerprint density at radius 1 is 1.06 bits per heavy atom. The maximum absolute atomic E-state index is 10.4. The van der Waals surface area contributed by atoms with Gasteiger partial charge in [-0.1, -0.05) is 36.1 Å². The highest BCUT2D eigenvalue weighted by molar-refractivity contribution is 5.51. The summed E-state index contributed by atoms with van der Waals surface area (Å²) in [6, 6.07) is 13.2. The zero-order valence-electron chi connectivity index (χ0n) is 18.6. The third-order valence-corrected chi connectivity index (χ3v) is 6.72. The average Bonchev–Trinajstić information content (AvgIpc) is 2.80. The molecule has 1 saturated carbocycles. The first-order chi connectivity index (χ1) is 15.9. The quantitative estimate of drug-likeness (QED) is 0.341. The Balaban J connectivity index is 1.50. The van der Waals surface area contributed by atoms with Crippen molar-refractivity contribution in [3.05, 3.63) is 64.7 Å². The molecule has 1 aliphatic heterocycles. The van der Waals surface area contributed by atoms with Crippen molar-refractivity contribution in [1.82, 2.24) is 0 Å². The molecule has 2 aliphatic rings. The van der Waals surface area contributed by atoms with Crippen LogP contribution in [0.1, 0.15) is 47.6 Å². The summed E-state index contributed by atoms with van der Waals surface area (Å²) in [5, 5.41) is 40.0. The number of aliphatic hydroxyl groups excluding tert-OH is 4. The van der Waals surface area contributed by atoms with Crippen molar-refractivity contribution in [2.75, 3.05) is 19.5 Å². The third kappa shape index (κ3) is 4.92. The molecule has 0 aromatic heterocycles. The van der Waals surface area contributed by atoms with Crippen LogP contribution in [0.15, 0.2) is 42.5 Å². The zero-order chi connectivity index (χ0) is 23.6. The molecule has 2 aromatic carbocycles. The maximum atomic E-state index is 10.4. The Morgan fingerprint density at radius 2 is 1.79 bits per heavy atom. The molecule has 0 radical (unpaired) electrons. The molecule has 1 saturated heterocycles. The second kappa shape index (κ2) is 9.82. The van der Waals surface area contributed by atoms with Gasteiger partial charge >= 0.3 is 0 Å². The van der Waals surface area contributed by atoms with E-state index < -0.39 is 37.1 Å². The number of nitrogens with two attached hydrogens (primary N) is 1. The van der Waals surface area contributed by atoms with Gasteiger partial charge in [-0.25, -0.2) is 0 Å².